The van der Waals surface area contributed by atoms with E-state index in [0.29, 0.717) is 0 Å². The fourth-order valence-electron chi connectivity index (χ4n) is 1.42. The number of hydrogen-bond acceptors (Lipinski definition) is 1. The van der Waals surface area contributed by atoms with Crippen molar-refractivity contribution < 1.29 is 0 Å². The molecule has 2 nitrogen and oxygen atoms in total. The molecule has 0 unspecified atom stereocenters. The van der Waals surface area contributed by atoms with Gasteiger partial charge in [-0.25, -0.2) is 0 Å². The molecule has 1 heterocycles. The van der Waals surface area contributed by atoms with E-state index in [-0.39, 0.29) is 0 Å². The van der Waals surface area contributed by atoms with Crippen molar-refractivity contribution >= 4 is 15.9 Å². The first-order valence-corrected chi connectivity index (χ1v) is 5.82. The summed E-state index contributed by atoms with van der Waals surface area (Å²) >= 11 is 3.56. The molecule has 0 bridgehead atoms. The molecule has 0 N–H and O–H groups in total. The van der Waals surface area contributed by atoms with E-state index in [1.165, 1.54) is 28.6 Å². The molecule has 0 radical (unpaired) electrons. The van der Waals surface area contributed by atoms with Crippen molar-refractivity contribution in [3.05, 3.63) is 28.0 Å². The van der Waals surface area contributed by atoms with Crippen molar-refractivity contribution in [3.63, 3.8) is 0 Å². The number of halogens is 1. The van der Waals surface area contributed by atoms with E-state index in [2.05, 4.69) is 47.1 Å². The van der Waals surface area contributed by atoms with E-state index >= 15 is 0 Å². The molecule has 1 aliphatic carbocycles. The number of aromatic nitrogens is 2. The van der Waals surface area contributed by atoms with Crippen LogP contribution in [0.5, 0.6) is 0 Å². The molecule has 1 fully saturated rings. The van der Waals surface area contributed by atoms with Gasteiger partial charge in [-0.3, -0.25) is 4.68 Å². The molecule has 0 saturated heterocycles. The first-order valence-electron chi connectivity index (χ1n) is 5.03. The predicted molar refractivity (Wildman–Crippen MR) is 61.3 cm³/mol. The van der Waals surface area contributed by atoms with Gasteiger partial charge < -0.3 is 0 Å². The highest BCUT2D eigenvalue weighted by Crippen LogP contribution is 2.42. The average molecular weight is 255 g/mol. The summed E-state index contributed by atoms with van der Waals surface area (Å²) in [5.74, 6) is 0.720. The molecule has 3 heteroatoms. The van der Waals surface area contributed by atoms with Crippen LogP contribution in [0.1, 0.15) is 38.3 Å². The lowest BCUT2D eigenvalue weighted by molar-refractivity contribution is 0.683. The fraction of sp³-hybridized carbons (Fsp3) is 0.545. The Hall–Kier alpha value is -0.570. The third kappa shape index (κ3) is 2.27. The lowest BCUT2D eigenvalue weighted by Crippen LogP contribution is -1.96. The molecular weight excluding hydrogens is 240 g/mol. The van der Waals surface area contributed by atoms with E-state index in [4.69, 9.17) is 0 Å². The van der Waals surface area contributed by atoms with Crippen LogP contribution in [0.25, 0.3) is 0 Å². The van der Waals surface area contributed by atoms with Gasteiger partial charge in [0.1, 0.15) is 0 Å². The predicted octanol–water partition coefficient (Wildman–Crippen LogP) is 3.49. The van der Waals surface area contributed by atoms with Gasteiger partial charge in [0.25, 0.3) is 0 Å². The highest BCUT2D eigenvalue weighted by Gasteiger charge is 2.28. The molecule has 1 aliphatic rings. The molecule has 0 atom stereocenters. The van der Waals surface area contributed by atoms with Crippen LogP contribution in [-0.4, -0.2) is 9.78 Å². The lowest BCUT2D eigenvalue weighted by atomic mass is 10.3. The van der Waals surface area contributed by atoms with Crippen molar-refractivity contribution in [2.24, 2.45) is 0 Å². The molecule has 2 rings (SSSR count). The zero-order valence-electron chi connectivity index (χ0n) is 8.63. The minimum absolute atomic E-state index is 0.720. The second-order valence-electron chi connectivity index (χ2n) is 4.14. The zero-order chi connectivity index (χ0) is 10.1. The fourth-order valence-corrected chi connectivity index (χ4v) is 2.05. The molecule has 14 heavy (non-hydrogen) atoms. The molecule has 76 valence electrons. The minimum Gasteiger partial charge on any atom is -0.267 e. The lowest BCUT2D eigenvalue weighted by Gasteiger charge is -1.95. The van der Waals surface area contributed by atoms with E-state index in [0.717, 1.165) is 12.5 Å². The molecule has 0 spiro atoms. The van der Waals surface area contributed by atoms with Crippen LogP contribution in [0.4, 0.5) is 0 Å². The Morgan fingerprint density at radius 1 is 1.64 bits per heavy atom. The van der Waals surface area contributed by atoms with E-state index in [9.17, 15) is 0 Å². The van der Waals surface area contributed by atoms with Gasteiger partial charge in [0.15, 0.2) is 0 Å². The summed E-state index contributed by atoms with van der Waals surface area (Å²) in [5, 5.41) is 4.57. The molecule has 1 aromatic heterocycles. The van der Waals surface area contributed by atoms with Crippen LogP contribution >= 0.6 is 15.9 Å². The molecule has 0 aliphatic heterocycles. The second kappa shape index (κ2) is 3.89. The van der Waals surface area contributed by atoms with Gasteiger partial charge in [-0.15, -0.1) is 0 Å². The van der Waals surface area contributed by atoms with Gasteiger partial charge in [-0.1, -0.05) is 11.6 Å². The zero-order valence-corrected chi connectivity index (χ0v) is 10.2. The molecular formula is C11H15BrN2. The Morgan fingerprint density at radius 3 is 2.93 bits per heavy atom. The molecule has 0 aromatic carbocycles. The normalized spacial score (nSPS) is 15.6. The van der Waals surface area contributed by atoms with E-state index in [1.54, 1.807) is 0 Å². The highest BCUT2D eigenvalue weighted by molar-refractivity contribution is 9.10. The molecule has 1 saturated carbocycles. The second-order valence-corrected chi connectivity index (χ2v) is 4.99. The number of rotatable bonds is 3. The topological polar surface area (TPSA) is 17.8 Å². The first kappa shape index (κ1) is 9.97. The summed E-state index contributed by atoms with van der Waals surface area (Å²) < 4.78 is 3.17. The SMILES string of the molecule is CC(C)=CCn1cc(Br)c(C2CC2)n1. The van der Waals surface area contributed by atoms with Crippen molar-refractivity contribution in [2.45, 2.75) is 39.2 Å². The number of allylic oxidation sites excluding steroid dienone is 2. The van der Waals surface area contributed by atoms with Crippen molar-refractivity contribution in [1.29, 1.82) is 0 Å². The third-order valence-electron chi connectivity index (χ3n) is 2.39. The highest BCUT2D eigenvalue weighted by atomic mass is 79.9. The smallest absolute Gasteiger partial charge is 0.0797 e. The van der Waals surface area contributed by atoms with Crippen molar-refractivity contribution in [2.75, 3.05) is 0 Å². The van der Waals surface area contributed by atoms with Gasteiger partial charge >= 0.3 is 0 Å². The maximum absolute atomic E-state index is 4.57. The van der Waals surface area contributed by atoms with E-state index < -0.39 is 0 Å². The van der Waals surface area contributed by atoms with Crippen LogP contribution in [-0.2, 0) is 6.54 Å². The Morgan fingerprint density at radius 2 is 2.36 bits per heavy atom. The van der Waals surface area contributed by atoms with Crippen molar-refractivity contribution in [1.82, 2.24) is 9.78 Å². The van der Waals surface area contributed by atoms with Crippen LogP contribution < -0.4 is 0 Å². The van der Waals surface area contributed by atoms with Crippen molar-refractivity contribution in [3.8, 4) is 0 Å². The maximum Gasteiger partial charge on any atom is 0.0797 e. The van der Waals surface area contributed by atoms with Crippen LogP contribution in [0, 0.1) is 0 Å². The van der Waals surface area contributed by atoms with Crippen LogP contribution in [0.15, 0.2) is 22.3 Å². The van der Waals surface area contributed by atoms with E-state index in [1.807, 2.05) is 4.68 Å². The largest absolute Gasteiger partial charge is 0.267 e. The van der Waals surface area contributed by atoms with Crippen LogP contribution in [0.2, 0.25) is 0 Å². The molecule has 0 amide bonds. The Labute approximate surface area is 93.1 Å². The third-order valence-corrected chi connectivity index (χ3v) is 3.00. The standard InChI is InChI=1S/C11H15BrN2/c1-8(2)5-6-14-7-10(12)11(13-14)9-3-4-9/h5,7,9H,3-4,6H2,1-2H3. The first-order chi connectivity index (χ1) is 6.66. The van der Waals surface area contributed by atoms with Gasteiger partial charge in [0, 0.05) is 12.1 Å². The summed E-state index contributed by atoms with van der Waals surface area (Å²) in [6.45, 7) is 5.11. The Kier molecular flexibility index (Phi) is 2.77. The molecule has 1 aromatic rings. The summed E-state index contributed by atoms with van der Waals surface area (Å²) in [6.07, 6.45) is 6.87. The summed E-state index contributed by atoms with van der Waals surface area (Å²) in [5.41, 5.74) is 2.58. The number of nitrogens with zero attached hydrogens (tertiary/aromatic N) is 2. The summed E-state index contributed by atoms with van der Waals surface area (Å²) in [7, 11) is 0. The van der Waals surface area contributed by atoms with Gasteiger partial charge in [0.2, 0.25) is 0 Å². The number of hydrogen-bond donors (Lipinski definition) is 0. The Bertz CT molecular complexity index is 357. The van der Waals surface area contributed by atoms with Crippen LogP contribution in [0.3, 0.4) is 0 Å². The average Bonchev–Trinajstić information content (AvgIpc) is 2.88. The summed E-state index contributed by atoms with van der Waals surface area (Å²) in [6, 6.07) is 0. The van der Waals surface area contributed by atoms with Gasteiger partial charge in [-0.2, -0.15) is 5.10 Å². The van der Waals surface area contributed by atoms with Gasteiger partial charge in [-0.05, 0) is 42.6 Å². The minimum atomic E-state index is 0.720. The van der Waals surface area contributed by atoms with Gasteiger partial charge in [0.05, 0.1) is 16.7 Å². The quantitative estimate of drug-likeness (QED) is 0.756. The maximum atomic E-state index is 4.57. The monoisotopic (exact) mass is 254 g/mol. The summed E-state index contributed by atoms with van der Waals surface area (Å²) in [4.78, 5) is 0. The Balaban J connectivity index is 2.11.